The van der Waals surface area contributed by atoms with Gasteiger partial charge in [0, 0.05) is 16.7 Å². The van der Waals surface area contributed by atoms with E-state index in [0.717, 1.165) is 12.3 Å². The molecule has 0 fully saturated rings. The predicted molar refractivity (Wildman–Crippen MR) is 66.3 cm³/mol. The highest BCUT2D eigenvalue weighted by atomic mass is 32.2. The number of aliphatic hydroxyl groups is 1. The summed E-state index contributed by atoms with van der Waals surface area (Å²) in [5.74, 6) is 0.760. The molecule has 0 radical (unpaired) electrons. The molecule has 1 aromatic rings. The smallest absolute Gasteiger partial charge is 0.0525 e. The summed E-state index contributed by atoms with van der Waals surface area (Å²) in [5, 5.41) is 12.2. The Kier molecular flexibility index (Phi) is 5.76. The highest BCUT2D eigenvalue weighted by Crippen LogP contribution is 2.26. The fraction of sp³-hybridized carbons (Fsp3) is 0.500. The van der Waals surface area contributed by atoms with Crippen molar-refractivity contribution in [1.29, 1.82) is 0 Å². The minimum Gasteiger partial charge on any atom is -0.396 e. The summed E-state index contributed by atoms with van der Waals surface area (Å²) in [4.78, 5) is 1.26. The second-order valence-electron chi connectivity index (χ2n) is 3.39. The Hall–Kier alpha value is -0.510. The van der Waals surface area contributed by atoms with Gasteiger partial charge in [-0.3, -0.25) is 0 Å². The van der Waals surface area contributed by atoms with E-state index in [4.69, 9.17) is 5.11 Å². The van der Waals surface area contributed by atoms with E-state index in [0.29, 0.717) is 6.04 Å². The molecule has 0 saturated heterocycles. The highest BCUT2D eigenvalue weighted by molar-refractivity contribution is 7.99. The van der Waals surface area contributed by atoms with Crippen LogP contribution in [0.25, 0.3) is 0 Å². The van der Waals surface area contributed by atoms with Crippen LogP contribution < -0.4 is 5.32 Å². The molecule has 0 saturated carbocycles. The molecule has 0 aromatic heterocycles. The number of rotatable bonds is 6. The molecular formula is C12H19NOS. The summed E-state index contributed by atoms with van der Waals surface area (Å²) in [6.07, 6.45) is 0. The molecule has 0 aliphatic carbocycles. The SMILES string of the molecule is CCNC(C)c1ccccc1SCCO. The summed E-state index contributed by atoms with van der Waals surface area (Å²) >= 11 is 1.71. The lowest BCUT2D eigenvalue weighted by Crippen LogP contribution is -2.18. The van der Waals surface area contributed by atoms with Crippen LogP contribution in [-0.2, 0) is 0 Å². The molecule has 1 rings (SSSR count). The predicted octanol–water partition coefficient (Wildman–Crippen LogP) is 2.44. The van der Waals surface area contributed by atoms with Crippen LogP contribution in [-0.4, -0.2) is 24.0 Å². The maximum atomic E-state index is 8.82. The summed E-state index contributed by atoms with van der Waals surface area (Å²) in [7, 11) is 0. The minimum absolute atomic E-state index is 0.231. The van der Waals surface area contributed by atoms with E-state index in [1.54, 1.807) is 11.8 Å². The van der Waals surface area contributed by atoms with E-state index >= 15 is 0 Å². The van der Waals surface area contributed by atoms with Gasteiger partial charge in [0.2, 0.25) is 0 Å². The number of aliphatic hydroxyl groups excluding tert-OH is 1. The van der Waals surface area contributed by atoms with E-state index in [9.17, 15) is 0 Å². The first kappa shape index (κ1) is 12.6. The molecule has 0 aliphatic heterocycles. The molecule has 1 aromatic carbocycles. The monoisotopic (exact) mass is 225 g/mol. The van der Waals surface area contributed by atoms with Gasteiger partial charge in [-0.1, -0.05) is 25.1 Å². The van der Waals surface area contributed by atoms with Gasteiger partial charge in [0.25, 0.3) is 0 Å². The third-order valence-corrected chi connectivity index (χ3v) is 3.31. The molecule has 1 unspecified atom stereocenters. The van der Waals surface area contributed by atoms with Crippen molar-refractivity contribution in [2.24, 2.45) is 0 Å². The lowest BCUT2D eigenvalue weighted by molar-refractivity contribution is 0.322. The van der Waals surface area contributed by atoms with Crippen molar-refractivity contribution in [3.05, 3.63) is 29.8 Å². The lowest BCUT2D eigenvalue weighted by atomic mass is 10.1. The van der Waals surface area contributed by atoms with Gasteiger partial charge < -0.3 is 10.4 Å². The Morgan fingerprint density at radius 1 is 1.40 bits per heavy atom. The quantitative estimate of drug-likeness (QED) is 0.729. The van der Waals surface area contributed by atoms with E-state index in [2.05, 4.69) is 37.4 Å². The summed E-state index contributed by atoms with van der Waals surface area (Å²) in [6, 6.07) is 8.74. The van der Waals surface area contributed by atoms with Crippen molar-refractivity contribution in [2.75, 3.05) is 18.9 Å². The van der Waals surface area contributed by atoms with E-state index in [1.807, 2.05) is 6.07 Å². The first-order chi connectivity index (χ1) is 7.29. The van der Waals surface area contributed by atoms with Gasteiger partial charge in [-0.15, -0.1) is 11.8 Å². The van der Waals surface area contributed by atoms with Crippen molar-refractivity contribution in [3.8, 4) is 0 Å². The van der Waals surface area contributed by atoms with Gasteiger partial charge in [-0.05, 0) is 25.1 Å². The molecule has 15 heavy (non-hydrogen) atoms. The van der Waals surface area contributed by atoms with E-state index < -0.39 is 0 Å². The van der Waals surface area contributed by atoms with Crippen LogP contribution in [0.5, 0.6) is 0 Å². The molecule has 1 atom stereocenters. The summed E-state index contributed by atoms with van der Waals surface area (Å²) in [6.45, 7) is 5.48. The maximum Gasteiger partial charge on any atom is 0.0525 e. The molecule has 0 aliphatic rings. The number of hydrogen-bond acceptors (Lipinski definition) is 3. The van der Waals surface area contributed by atoms with Crippen LogP contribution in [0.2, 0.25) is 0 Å². The summed E-state index contributed by atoms with van der Waals surface area (Å²) in [5.41, 5.74) is 1.32. The Balaban J connectivity index is 2.75. The molecule has 0 amide bonds. The maximum absolute atomic E-state index is 8.82. The normalized spacial score (nSPS) is 12.7. The van der Waals surface area contributed by atoms with Crippen molar-refractivity contribution in [3.63, 3.8) is 0 Å². The highest BCUT2D eigenvalue weighted by Gasteiger charge is 2.08. The Morgan fingerprint density at radius 3 is 2.80 bits per heavy atom. The average Bonchev–Trinajstić information content (AvgIpc) is 2.27. The second-order valence-corrected chi connectivity index (χ2v) is 4.53. The fourth-order valence-electron chi connectivity index (χ4n) is 1.54. The number of thioether (sulfide) groups is 1. The van der Waals surface area contributed by atoms with Crippen LogP contribution in [0.1, 0.15) is 25.5 Å². The van der Waals surface area contributed by atoms with Crippen LogP contribution in [0.3, 0.4) is 0 Å². The topological polar surface area (TPSA) is 32.3 Å². The van der Waals surface area contributed by atoms with Gasteiger partial charge in [0.15, 0.2) is 0 Å². The van der Waals surface area contributed by atoms with Crippen LogP contribution in [0.15, 0.2) is 29.2 Å². The van der Waals surface area contributed by atoms with Crippen molar-refractivity contribution in [2.45, 2.75) is 24.8 Å². The molecule has 2 nitrogen and oxygen atoms in total. The van der Waals surface area contributed by atoms with Gasteiger partial charge >= 0.3 is 0 Å². The first-order valence-electron chi connectivity index (χ1n) is 5.35. The second kappa shape index (κ2) is 6.88. The summed E-state index contributed by atoms with van der Waals surface area (Å²) < 4.78 is 0. The van der Waals surface area contributed by atoms with Gasteiger partial charge in [-0.25, -0.2) is 0 Å². The van der Waals surface area contributed by atoms with Crippen molar-refractivity contribution >= 4 is 11.8 Å². The molecule has 2 N–H and O–H groups in total. The van der Waals surface area contributed by atoms with Crippen LogP contribution >= 0.6 is 11.8 Å². The molecule has 0 heterocycles. The minimum atomic E-state index is 0.231. The third-order valence-electron chi connectivity index (χ3n) is 2.24. The molecule has 0 bridgehead atoms. The standard InChI is InChI=1S/C12H19NOS/c1-3-13-10(2)11-6-4-5-7-12(11)15-9-8-14/h4-7,10,13-14H,3,8-9H2,1-2H3. The Bertz CT molecular complexity index is 291. The van der Waals surface area contributed by atoms with Gasteiger partial charge in [0.1, 0.15) is 0 Å². The van der Waals surface area contributed by atoms with Gasteiger partial charge in [0.05, 0.1) is 6.61 Å². The van der Waals surface area contributed by atoms with E-state index in [1.165, 1.54) is 10.5 Å². The molecule has 0 spiro atoms. The Morgan fingerprint density at radius 2 is 2.13 bits per heavy atom. The average molecular weight is 225 g/mol. The van der Waals surface area contributed by atoms with Crippen LogP contribution in [0, 0.1) is 0 Å². The van der Waals surface area contributed by atoms with E-state index in [-0.39, 0.29) is 6.61 Å². The lowest BCUT2D eigenvalue weighted by Gasteiger charge is -2.16. The number of hydrogen-bond donors (Lipinski definition) is 2. The third kappa shape index (κ3) is 3.86. The zero-order valence-electron chi connectivity index (χ0n) is 9.36. The molecule has 84 valence electrons. The van der Waals surface area contributed by atoms with Crippen LogP contribution in [0.4, 0.5) is 0 Å². The van der Waals surface area contributed by atoms with Gasteiger partial charge in [-0.2, -0.15) is 0 Å². The fourth-order valence-corrected chi connectivity index (χ4v) is 2.44. The molecule has 3 heteroatoms. The largest absolute Gasteiger partial charge is 0.396 e. The van der Waals surface area contributed by atoms with Crippen molar-refractivity contribution in [1.82, 2.24) is 5.32 Å². The van der Waals surface area contributed by atoms with Crippen molar-refractivity contribution < 1.29 is 5.11 Å². The zero-order valence-corrected chi connectivity index (χ0v) is 10.2. The number of benzene rings is 1. The number of nitrogens with one attached hydrogen (secondary N) is 1. The Labute approximate surface area is 96.1 Å². The zero-order chi connectivity index (χ0) is 11.1. The molecular weight excluding hydrogens is 206 g/mol. The first-order valence-corrected chi connectivity index (χ1v) is 6.34.